The molecule has 0 saturated carbocycles. The second kappa shape index (κ2) is 7.45. The van der Waals surface area contributed by atoms with Gasteiger partial charge in [0.05, 0.1) is 5.75 Å². The van der Waals surface area contributed by atoms with E-state index in [1.165, 1.54) is 23.1 Å². The Balaban J connectivity index is 1.70. The molecule has 0 unspecified atom stereocenters. The van der Waals surface area contributed by atoms with Crippen molar-refractivity contribution in [2.45, 2.75) is 18.6 Å². The molecule has 0 fully saturated rings. The fourth-order valence-electron chi connectivity index (χ4n) is 2.10. The van der Waals surface area contributed by atoms with Gasteiger partial charge >= 0.3 is 0 Å². The quantitative estimate of drug-likeness (QED) is 0.518. The van der Waals surface area contributed by atoms with E-state index in [0.29, 0.717) is 22.5 Å². The lowest BCUT2D eigenvalue weighted by atomic mass is 10.2. The lowest BCUT2D eigenvalue weighted by Gasteiger charge is -2.07. The number of nitrogens with one attached hydrogen (secondary N) is 1. The van der Waals surface area contributed by atoms with Gasteiger partial charge in [-0.05, 0) is 31.2 Å². The van der Waals surface area contributed by atoms with Crippen molar-refractivity contribution in [2.24, 2.45) is 0 Å². The lowest BCUT2D eigenvalue weighted by molar-refractivity contribution is -0.113. The highest BCUT2D eigenvalue weighted by atomic mass is 32.2. The van der Waals surface area contributed by atoms with Crippen LogP contribution in [0.15, 0.2) is 41.0 Å². The standard InChI is InChI=1S/C15H16N6OS2/c1-2-21-13(10-3-5-11(16)6-4-10)19-20-15(21)24-9-12(22)18-14-17-7-8-23-14/h3-8H,2,9,16H2,1H3,(H,17,18,22). The van der Waals surface area contributed by atoms with Crippen LogP contribution < -0.4 is 11.1 Å². The Morgan fingerprint density at radius 1 is 1.33 bits per heavy atom. The zero-order chi connectivity index (χ0) is 16.9. The molecule has 0 spiro atoms. The molecule has 1 amide bonds. The van der Waals surface area contributed by atoms with Gasteiger partial charge in [0, 0.05) is 29.4 Å². The van der Waals surface area contributed by atoms with Crippen molar-refractivity contribution < 1.29 is 4.79 Å². The van der Waals surface area contributed by atoms with Gasteiger partial charge < -0.3 is 15.6 Å². The summed E-state index contributed by atoms with van der Waals surface area (Å²) in [5.74, 6) is 0.898. The zero-order valence-corrected chi connectivity index (χ0v) is 14.6. The summed E-state index contributed by atoms with van der Waals surface area (Å²) >= 11 is 2.74. The van der Waals surface area contributed by atoms with E-state index in [1.54, 1.807) is 6.20 Å². The first-order valence-corrected chi connectivity index (χ1v) is 9.15. The van der Waals surface area contributed by atoms with Crippen LogP contribution in [-0.4, -0.2) is 31.4 Å². The second-order valence-corrected chi connectivity index (χ2v) is 6.68. The number of thiazole rings is 1. The van der Waals surface area contributed by atoms with Crippen LogP contribution in [0.4, 0.5) is 10.8 Å². The molecule has 0 aliphatic heterocycles. The lowest BCUT2D eigenvalue weighted by Crippen LogP contribution is -2.14. The van der Waals surface area contributed by atoms with E-state index in [-0.39, 0.29) is 11.7 Å². The van der Waals surface area contributed by atoms with Gasteiger partial charge in [-0.2, -0.15) is 0 Å². The highest BCUT2D eigenvalue weighted by molar-refractivity contribution is 7.99. The SMILES string of the molecule is CCn1c(SCC(=O)Nc2nccs2)nnc1-c1ccc(N)cc1. The number of carbonyl (C=O) groups excluding carboxylic acids is 1. The summed E-state index contributed by atoms with van der Waals surface area (Å²) in [4.78, 5) is 16.0. The fraction of sp³-hybridized carbons (Fsp3) is 0.200. The number of hydrogen-bond donors (Lipinski definition) is 2. The van der Waals surface area contributed by atoms with E-state index in [2.05, 4.69) is 20.5 Å². The minimum atomic E-state index is -0.116. The Bertz CT molecular complexity index is 813. The molecule has 1 aromatic carbocycles. The predicted molar refractivity (Wildman–Crippen MR) is 97.0 cm³/mol. The summed E-state index contributed by atoms with van der Waals surface area (Å²) in [7, 11) is 0. The average Bonchev–Trinajstić information content (AvgIpc) is 3.22. The van der Waals surface area contributed by atoms with Crippen molar-refractivity contribution in [3.8, 4) is 11.4 Å². The van der Waals surface area contributed by atoms with Crippen LogP contribution in [0, 0.1) is 0 Å². The molecule has 9 heteroatoms. The smallest absolute Gasteiger partial charge is 0.236 e. The molecule has 0 radical (unpaired) electrons. The van der Waals surface area contributed by atoms with Crippen molar-refractivity contribution in [1.29, 1.82) is 0 Å². The molecule has 0 aliphatic rings. The van der Waals surface area contributed by atoms with E-state index in [4.69, 9.17) is 5.73 Å². The molecule has 2 aromatic heterocycles. The maximum Gasteiger partial charge on any atom is 0.236 e. The molecule has 3 rings (SSSR count). The number of nitrogens with two attached hydrogens (primary N) is 1. The summed E-state index contributed by atoms with van der Waals surface area (Å²) < 4.78 is 1.98. The number of benzene rings is 1. The molecule has 3 N–H and O–H groups in total. The molecule has 124 valence electrons. The van der Waals surface area contributed by atoms with Crippen molar-refractivity contribution in [3.05, 3.63) is 35.8 Å². The molecule has 24 heavy (non-hydrogen) atoms. The first-order chi connectivity index (χ1) is 11.7. The van der Waals surface area contributed by atoms with Gasteiger partial charge in [-0.25, -0.2) is 4.98 Å². The highest BCUT2D eigenvalue weighted by Crippen LogP contribution is 2.24. The van der Waals surface area contributed by atoms with Crippen molar-refractivity contribution >= 4 is 39.8 Å². The zero-order valence-electron chi connectivity index (χ0n) is 13.0. The summed E-state index contributed by atoms with van der Waals surface area (Å²) in [6.07, 6.45) is 1.65. The van der Waals surface area contributed by atoms with Gasteiger partial charge in [0.1, 0.15) is 0 Å². The highest BCUT2D eigenvalue weighted by Gasteiger charge is 2.14. The van der Waals surface area contributed by atoms with Gasteiger partial charge in [0.2, 0.25) is 5.91 Å². The minimum Gasteiger partial charge on any atom is -0.399 e. The molecule has 0 bridgehead atoms. The third-order valence-corrected chi connectivity index (χ3v) is 4.87. The van der Waals surface area contributed by atoms with E-state index >= 15 is 0 Å². The second-order valence-electron chi connectivity index (χ2n) is 4.85. The van der Waals surface area contributed by atoms with Crippen LogP contribution >= 0.6 is 23.1 Å². The number of amides is 1. The molecule has 0 aliphatic carbocycles. The van der Waals surface area contributed by atoms with Gasteiger partial charge in [0.25, 0.3) is 0 Å². The van der Waals surface area contributed by atoms with Crippen LogP contribution in [-0.2, 0) is 11.3 Å². The monoisotopic (exact) mass is 360 g/mol. The maximum absolute atomic E-state index is 12.0. The van der Waals surface area contributed by atoms with Crippen LogP contribution in [0.25, 0.3) is 11.4 Å². The normalized spacial score (nSPS) is 10.7. The Morgan fingerprint density at radius 2 is 2.12 bits per heavy atom. The molecular weight excluding hydrogens is 344 g/mol. The fourth-order valence-corrected chi connectivity index (χ4v) is 3.44. The Labute approximate surface area is 147 Å². The van der Waals surface area contributed by atoms with E-state index in [0.717, 1.165) is 11.4 Å². The minimum absolute atomic E-state index is 0.116. The van der Waals surface area contributed by atoms with Crippen LogP contribution in [0.3, 0.4) is 0 Å². The third kappa shape index (κ3) is 3.74. The van der Waals surface area contributed by atoms with Crippen molar-refractivity contribution in [3.63, 3.8) is 0 Å². The van der Waals surface area contributed by atoms with Crippen LogP contribution in [0.2, 0.25) is 0 Å². The molecule has 7 nitrogen and oxygen atoms in total. The molecule has 3 aromatic rings. The Kier molecular flexibility index (Phi) is 5.11. The number of anilines is 2. The number of nitrogens with zero attached hydrogens (tertiary/aromatic N) is 4. The molecule has 2 heterocycles. The third-order valence-electron chi connectivity index (χ3n) is 3.21. The number of aromatic nitrogens is 4. The number of hydrogen-bond acceptors (Lipinski definition) is 7. The average molecular weight is 360 g/mol. The summed E-state index contributed by atoms with van der Waals surface area (Å²) in [5.41, 5.74) is 7.37. The van der Waals surface area contributed by atoms with Crippen LogP contribution in [0.1, 0.15) is 6.92 Å². The van der Waals surface area contributed by atoms with Crippen molar-refractivity contribution in [2.75, 3.05) is 16.8 Å². The first kappa shape index (κ1) is 16.5. The van der Waals surface area contributed by atoms with Gasteiger partial charge in [-0.15, -0.1) is 21.5 Å². The summed E-state index contributed by atoms with van der Waals surface area (Å²) in [6, 6.07) is 7.49. The summed E-state index contributed by atoms with van der Waals surface area (Å²) in [5, 5.41) is 14.3. The van der Waals surface area contributed by atoms with E-state index < -0.39 is 0 Å². The Morgan fingerprint density at radius 3 is 2.79 bits per heavy atom. The molecular formula is C15H16N6OS2. The topological polar surface area (TPSA) is 98.7 Å². The van der Waals surface area contributed by atoms with E-state index in [9.17, 15) is 4.79 Å². The molecule has 0 atom stereocenters. The number of carbonyl (C=O) groups is 1. The Hall–Kier alpha value is -2.39. The van der Waals surface area contributed by atoms with Crippen molar-refractivity contribution in [1.82, 2.24) is 19.7 Å². The summed E-state index contributed by atoms with van der Waals surface area (Å²) in [6.45, 7) is 2.73. The van der Waals surface area contributed by atoms with Gasteiger partial charge in [-0.1, -0.05) is 11.8 Å². The number of rotatable bonds is 6. The maximum atomic E-state index is 12.0. The van der Waals surface area contributed by atoms with E-state index in [1.807, 2.05) is 41.1 Å². The van der Waals surface area contributed by atoms with Crippen LogP contribution in [0.5, 0.6) is 0 Å². The van der Waals surface area contributed by atoms with Gasteiger partial charge in [0.15, 0.2) is 16.1 Å². The largest absolute Gasteiger partial charge is 0.399 e. The van der Waals surface area contributed by atoms with Gasteiger partial charge in [-0.3, -0.25) is 4.79 Å². The molecule has 0 saturated heterocycles. The predicted octanol–water partition coefficient (Wildman–Crippen LogP) is 2.73. The number of thioether (sulfide) groups is 1. The first-order valence-electron chi connectivity index (χ1n) is 7.28. The number of nitrogen functional groups attached to an aromatic ring is 1.